The number of halogens is 3. The van der Waals surface area contributed by atoms with Gasteiger partial charge in [0.05, 0.1) is 18.1 Å². The van der Waals surface area contributed by atoms with Gasteiger partial charge in [-0.1, -0.05) is 0 Å². The number of carboxylic acids is 1. The Morgan fingerprint density at radius 2 is 2.14 bits per heavy atom. The summed E-state index contributed by atoms with van der Waals surface area (Å²) in [4.78, 5) is 21.8. The first-order valence-corrected chi connectivity index (χ1v) is 6.00. The molecule has 0 atom stereocenters. The van der Waals surface area contributed by atoms with Gasteiger partial charge in [-0.25, -0.2) is 14.8 Å². The Labute approximate surface area is 120 Å². The van der Waals surface area contributed by atoms with Gasteiger partial charge in [0.25, 0.3) is 0 Å². The van der Waals surface area contributed by atoms with Crippen molar-refractivity contribution < 1.29 is 23.1 Å². The van der Waals surface area contributed by atoms with E-state index in [0.29, 0.717) is 5.56 Å². The number of hydrogen-bond acceptors (Lipinski definition) is 4. The van der Waals surface area contributed by atoms with Crippen LogP contribution in [0.25, 0.3) is 22.4 Å². The van der Waals surface area contributed by atoms with Gasteiger partial charge in [0.15, 0.2) is 5.65 Å². The topological polar surface area (TPSA) is 96.7 Å². The average molecular weight is 311 g/mol. The summed E-state index contributed by atoms with van der Waals surface area (Å²) >= 11 is 0. The summed E-state index contributed by atoms with van der Waals surface area (Å²) in [5, 5.41) is 12.6. The quantitative estimate of drug-likeness (QED) is 0.772. The van der Waals surface area contributed by atoms with E-state index < -0.39 is 18.7 Å². The maximum atomic E-state index is 12.3. The number of alkyl halides is 3. The van der Waals surface area contributed by atoms with Crippen LogP contribution in [0.5, 0.6) is 0 Å². The summed E-state index contributed by atoms with van der Waals surface area (Å²) < 4.78 is 37.6. The highest BCUT2D eigenvalue weighted by molar-refractivity contribution is 6.00. The maximum Gasteiger partial charge on any atom is 0.408 e. The Morgan fingerprint density at radius 3 is 2.82 bits per heavy atom. The van der Waals surface area contributed by atoms with Crippen LogP contribution in [-0.4, -0.2) is 42.0 Å². The lowest BCUT2D eigenvalue weighted by Crippen LogP contribution is -2.17. The number of fused-ring (bicyclic) bond motifs is 1. The predicted octanol–water partition coefficient (Wildman–Crippen LogP) is 2.08. The van der Waals surface area contributed by atoms with Crippen LogP contribution in [-0.2, 0) is 6.54 Å². The number of hydrogen-bond donors (Lipinski definition) is 2. The molecule has 10 heteroatoms. The van der Waals surface area contributed by atoms with Crippen LogP contribution >= 0.6 is 0 Å². The Morgan fingerprint density at radius 1 is 1.36 bits per heavy atom. The van der Waals surface area contributed by atoms with Crippen molar-refractivity contribution in [3.63, 3.8) is 0 Å². The molecule has 0 amide bonds. The minimum Gasteiger partial charge on any atom is -0.478 e. The van der Waals surface area contributed by atoms with E-state index in [-0.39, 0.29) is 22.4 Å². The molecule has 3 aromatic rings. The van der Waals surface area contributed by atoms with Crippen molar-refractivity contribution in [3.8, 4) is 11.3 Å². The molecule has 7 nitrogen and oxygen atoms in total. The molecule has 0 aliphatic rings. The number of carboxylic acid groups (broad SMARTS) is 1. The zero-order chi connectivity index (χ0) is 15.9. The molecule has 0 fully saturated rings. The van der Waals surface area contributed by atoms with E-state index in [2.05, 4.69) is 20.1 Å². The van der Waals surface area contributed by atoms with Crippen molar-refractivity contribution in [1.82, 2.24) is 24.7 Å². The number of rotatable bonds is 3. The van der Waals surface area contributed by atoms with E-state index in [1.54, 1.807) is 0 Å². The first-order valence-electron chi connectivity index (χ1n) is 6.00. The fourth-order valence-corrected chi connectivity index (χ4v) is 1.96. The zero-order valence-corrected chi connectivity index (χ0v) is 10.8. The first-order chi connectivity index (χ1) is 10.3. The third-order valence-corrected chi connectivity index (χ3v) is 2.88. The molecule has 0 unspecified atom stereocenters. The molecule has 0 aliphatic heterocycles. The van der Waals surface area contributed by atoms with Gasteiger partial charge in [-0.05, 0) is 0 Å². The first kappa shape index (κ1) is 14.0. The fraction of sp³-hybridized carbons (Fsp3) is 0.167. The van der Waals surface area contributed by atoms with Gasteiger partial charge in [-0.3, -0.25) is 4.68 Å². The van der Waals surface area contributed by atoms with Crippen LogP contribution in [0, 0.1) is 0 Å². The minimum absolute atomic E-state index is 0.0629. The smallest absolute Gasteiger partial charge is 0.408 e. The number of nitrogens with zero attached hydrogens (tertiary/aromatic N) is 4. The minimum atomic E-state index is -4.38. The van der Waals surface area contributed by atoms with Crippen molar-refractivity contribution in [3.05, 3.63) is 30.4 Å². The highest BCUT2D eigenvalue weighted by Crippen LogP contribution is 2.22. The fourth-order valence-electron chi connectivity index (χ4n) is 1.96. The lowest BCUT2D eigenvalue weighted by atomic mass is 10.2. The lowest BCUT2D eigenvalue weighted by molar-refractivity contribution is -0.142. The largest absolute Gasteiger partial charge is 0.478 e. The molecule has 3 heterocycles. The van der Waals surface area contributed by atoms with Crippen LogP contribution in [0.1, 0.15) is 10.4 Å². The van der Waals surface area contributed by atoms with E-state index in [4.69, 9.17) is 5.11 Å². The van der Waals surface area contributed by atoms with Crippen molar-refractivity contribution in [2.75, 3.05) is 0 Å². The number of nitrogens with one attached hydrogen (secondary N) is 1. The molecule has 3 rings (SSSR count). The van der Waals surface area contributed by atoms with Crippen LogP contribution in [0.4, 0.5) is 13.2 Å². The van der Waals surface area contributed by atoms with Crippen LogP contribution in [0.15, 0.2) is 24.8 Å². The summed E-state index contributed by atoms with van der Waals surface area (Å²) in [5.74, 6) is -1.18. The molecular formula is C12H8F3N5O2. The Balaban J connectivity index is 2.00. The number of aromatic nitrogens is 5. The van der Waals surface area contributed by atoms with Crippen molar-refractivity contribution in [1.29, 1.82) is 0 Å². The standard InChI is InChI=1S/C12H8F3N5O2/c13-12(14,15)5-20-4-6(1-18-20)8-3-17-10-9(19-8)7(2-16-10)11(21)22/h1-4H,5H2,(H,16,17)(H,21,22). The molecule has 22 heavy (non-hydrogen) atoms. The van der Waals surface area contributed by atoms with Crippen LogP contribution < -0.4 is 0 Å². The van der Waals surface area contributed by atoms with Gasteiger partial charge in [-0.15, -0.1) is 0 Å². The van der Waals surface area contributed by atoms with Crippen molar-refractivity contribution in [2.24, 2.45) is 0 Å². The highest BCUT2D eigenvalue weighted by Gasteiger charge is 2.28. The molecule has 0 radical (unpaired) electrons. The molecule has 2 N–H and O–H groups in total. The van der Waals surface area contributed by atoms with Crippen LogP contribution in [0.3, 0.4) is 0 Å². The van der Waals surface area contributed by atoms with Crippen molar-refractivity contribution in [2.45, 2.75) is 12.7 Å². The molecule has 0 aromatic carbocycles. The number of H-pyrrole nitrogens is 1. The summed E-state index contributed by atoms with van der Waals surface area (Å²) in [5.41, 5.74) is 0.906. The summed E-state index contributed by atoms with van der Waals surface area (Å²) in [6, 6.07) is 0. The number of aromatic amines is 1. The third kappa shape index (κ3) is 2.62. The second-order valence-corrected chi connectivity index (χ2v) is 4.50. The van der Waals surface area contributed by atoms with Gasteiger partial charge >= 0.3 is 12.1 Å². The Bertz CT molecular complexity index is 852. The van der Waals surface area contributed by atoms with Crippen molar-refractivity contribution >= 4 is 17.1 Å². The maximum absolute atomic E-state index is 12.3. The van der Waals surface area contributed by atoms with E-state index >= 15 is 0 Å². The molecule has 0 spiro atoms. The third-order valence-electron chi connectivity index (χ3n) is 2.88. The molecule has 0 bridgehead atoms. The lowest BCUT2D eigenvalue weighted by Gasteiger charge is -2.05. The van der Waals surface area contributed by atoms with Gasteiger partial charge < -0.3 is 10.1 Å². The predicted molar refractivity (Wildman–Crippen MR) is 68.1 cm³/mol. The van der Waals surface area contributed by atoms with Gasteiger partial charge in [-0.2, -0.15) is 18.3 Å². The monoisotopic (exact) mass is 311 g/mol. The van der Waals surface area contributed by atoms with Gasteiger partial charge in [0.1, 0.15) is 17.6 Å². The molecule has 3 aromatic heterocycles. The molecule has 114 valence electrons. The SMILES string of the molecule is O=C(O)c1c[nH]c2ncc(-c3cnn(CC(F)(F)F)c3)nc12. The zero-order valence-electron chi connectivity index (χ0n) is 10.8. The summed E-state index contributed by atoms with van der Waals surface area (Å²) in [6.45, 7) is -1.22. The molecule has 0 saturated heterocycles. The van der Waals surface area contributed by atoms with E-state index in [1.807, 2.05) is 0 Å². The molecular weight excluding hydrogens is 303 g/mol. The molecule has 0 saturated carbocycles. The average Bonchev–Trinajstić information content (AvgIpc) is 3.02. The second-order valence-electron chi connectivity index (χ2n) is 4.50. The normalized spacial score (nSPS) is 12.0. The van der Waals surface area contributed by atoms with Crippen LogP contribution in [0.2, 0.25) is 0 Å². The van der Waals surface area contributed by atoms with Gasteiger partial charge in [0, 0.05) is 18.0 Å². The highest BCUT2D eigenvalue weighted by atomic mass is 19.4. The van der Waals surface area contributed by atoms with E-state index in [1.165, 1.54) is 24.8 Å². The summed E-state index contributed by atoms with van der Waals surface area (Å²) in [7, 11) is 0. The van der Waals surface area contributed by atoms with E-state index in [0.717, 1.165) is 4.68 Å². The second kappa shape index (κ2) is 4.83. The van der Waals surface area contributed by atoms with Gasteiger partial charge in [0.2, 0.25) is 0 Å². The summed E-state index contributed by atoms with van der Waals surface area (Å²) in [6.07, 6.45) is 0.602. The Hall–Kier alpha value is -2.91. The van der Waals surface area contributed by atoms with E-state index in [9.17, 15) is 18.0 Å². The molecule has 0 aliphatic carbocycles. The Kier molecular flexibility index (Phi) is 3.08. The number of carbonyl (C=O) groups is 1. The number of aromatic carboxylic acids is 1.